The number of alkyl halides is 3. The number of ketones is 1. The summed E-state index contributed by atoms with van der Waals surface area (Å²) in [4.78, 5) is 12.2. The van der Waals surface area contributed by atoms with Crippen molar-refractivity contribution in [2.45, 2.75) is 32.4 Å². The van der Waals surface area contributed by atoms with Gasteiger partial charge in [-0.2, -0.15) is 24.9 Å². The van der Waals surface area contributed by atoms with E-state index in [2.05, 4.69) is 0 Å². The molecule has 1 fully saturated rings. The first-order chi connectivity index (χ1) is 9.38. The third-order valence-corrected chi connectivity index (χ3v) is 4.72. The first-order valence-corrected chi connectivity index (χ1v) is 7.82. The summed E-state index contributed by atoms with van der Waals surface area (Å²) >= 11 is 1.89. The maximum Gasteiger partial charge on any atom is 0.416 e. The van der Waals surface area contributed by atoms with Crippen molar-refractivity contribution < 1.29 is 18.0 Å². The van der Waals surface area contributed by atoms with Crippen molar-refractivity contribution in [2.24, 2.45) is 5.92 Å². The standard InChI is InChI=1S/C15H17F3OS/c1-10-8-12(15(16,17)18)2-3-13(10)14(19)9-11-4-6-20-7-5-11/h2-3,8,11H,4-7,9H2,1H3. The highest BCUT2D eigenvalue weighted by atomic mass is 32.2. The minimum atomic E-state index is -4.35. The molecule has 1 aliphatic heterocycles. The molecule has 1 aliphatic rings. The van der Waals surface area contributed by atoms with Gasteiger partial charge in [-0.15, -0.1) is 0 Å². The molecule has 1 heterocycles. The van der Waals surface area contributed by atoms with Crippen LogP contribution < -0.4 is 0 Å². The van der Waals surface area contributed by atoms with E-state index in [9.17, 15) is 18.0 Å². The average molecular weight is 302 g/mol. The van der Waals surface area contributed by atoms with Crippen molar-refractivity contribution in [1.82, 2.24) is 0 Å². The molecule has 0 spiro atoms. The number of hydrogen-bond acceptors (Lipinski definition) is 2. The Morgan fingerprint density at radius 2 is 1.95 bits per heavy atom. The summed E-state index contributed by atoms with van der Waals surface area (Å²) < 4.78 is 37.8. The fraction of sp³-hybridized carbons (Fsp3) is 0.533. The number of benzene rings is 1. The van der Waals surface area contributed by atoms with E-state index in [0.717, 1.165) is 36.5 Å². The lowest BCUT2D eigenvalue weighted by atomic mass is 9.91. The number of rotatable bonds is 3. The van der Waals surface area contributed by atoms with Gasteiger partial charge in [0.1, 0.15) is 0 Å². The third kappa shape index (κ3) is 3.78. The van der Waals surface area contributed by atoms with Gasteiger partial charge in [0.2, 0.25) is 0 Å². The fourth-order valence-electron chi connectivity index (χ4n) is 2.48. The van der Waals surface area contributed by atoms with E-state index in [-0.39, 0.29) is 5.78 Å². The topological polar surface area (TPSA) is 17.1 Å². The van der Waals surface area contributed by atoms with Crippen molar-refractivity contribution in [3.63, 3.8) is 0 Å². The number of carbonyl (C=O) groups is 1. The number of aryl methyl sites for hydroxylation is 1. The molecule has 0 radical (unpaired) electrons. The highest BCUT2D eigenvalue weighted by molar-refractivity contribution is 7.99. The second-order valence-corrected chi connectivity index (χ2v) is 6.44. The van der Waals surface area contributed by atoms with Gasteiger partial charge in [0.25, 0.3) is 0 Å². The SMILES string of the molecule is Cc1cc(C(F)(F)F)ccc1C(=O)CC1CCSCC1. The number of halogens is 3. The monoisotopic (exact) mass is 302 g/mol. The summed E-state index contributed by atoms with van der Waals surface area (Å²) in [5.74, 6) is 2.49. The van der Waals surface area contributed by atoms with E-state index in [1.165, 1.54) is 6.07 Å². The molecule has 1 aromatic rings. The Balaban J connectivity index is 2.10. The van der Waals surface area contributed by atoms with Crippen LogP contribution in [0.2, 0.25) is 0 Å². The Hall–Kier alpha value is -0.970. The van der Waals surface area contributed by atoms with Gasteiger partial charge in [0.15, 0.2) is 5.78 Å². The van der Waals surface area contributed by atoms with Crippen molar-refractivity contribution in [2.75, 3.05) is 11.5 Å². The molecule has 1 saturated heterocycles. The molecule has 0 atom stereocenters. The van der Waals surface area contributed by atoms with Gasteiger partial charge < -0.3 is 0 Å². The van der Waals surface area contributed by atoms with E-state index in [1.54, 1.807) is 6.92 Å². The number of carbonyl (C=O) groups excluding carboxylic acids is 1. The quantitative estimate of drug-likeness (QED) is 0.751. The van der Waals surface area contributed by atoms with Crippen LogP contribution in [0.4, 0.5) is 13.2 Å². The summed E-state index contributed by atoms with van der Waals surface area (Å²) in [7, 11) is 0. The Morgan fingerprint density at radius 3 is 2.50 bits per heavy atom. The molecule has 0 unspecified atom stereocenters. The van der Waals surface area contributed by atoms with Gasteiger partial charge in [-0.1, -0.05) is 6.07 Å². The Kier molecular flexibility index (Phi) is 4.78. The van der Waals surface area contributed by atoms with E-state index in [0.29, 0.717) is 23.5 Å². The smallest absolute Gasteiger partial charge is 0.294 e. The van der Waals surface area contributed by atoms with Gasteiger partial charge in [0, 0.05) is 12.0 Å². The van der Waals surface area contributed by atoms with Crippen molar-refractivity contribution >= 4 is 17.5 Å². The Bertz CT molecular complexity index is 490. The first-order valence-electron chi connectivity index (χ1n) is 6.66. The van der Waals surface area contributed by atoms with Gasteiger partial charge in [-0.05, 0) is 54.9 Å². The lowest BCUT2D eigenvalue weighted by molar-refractivity contribution is -0.137. The van der Waals surface area contributed by atoms with Crippen molar-refractivity contribution in [1.29, 1.82) is 0 Å². The highest BCUT2D eigenvalue weighted by Gasteiger charge is 2.31. The summed E-state index contributed by atoms with van der Waals surface area (Å²) in [5.41, 5.74) is 0.145. The van der Waals surface area contributed by atoms with Crippen LogP contribution in [0.25, 0.3) is 0 Å². The Morgan fingerprint density at radius 1 is 1.30 bits per heavy atom. The van der Waals surface area contributed by atoms with Crippen LogP contribution in [0.3, 0.4) is 0 Å². The molecule has 20 heavy (non-hydrogen) atoms. The molecule has 5 heteroatoms. The van der Waals surface area contributed by atoms with Crippen LogP contribution in [-0.2, 0) is 6.18 Å². The lowest BCUT2D eigenvalue weighted by Gasteiger charge is -2.21. The largest absolute Gasteiger partial charge is 0.416 e. The van der Waals surface area contributed by atoms with Crippen LogP contribution in [0.1, 0.15) is 40.7 Å². The van der Waals surface area contributed by atoms with E-state index in [1.807, 2.05) is 11.8 Å². The zero-order chi connectivity index (χ0) is 14.8. The summed E-state index contributed by atoms with van der Waals surface area (Å²) in [5, 5.41) is 0. The predicted molar refractivity (Wildman–Crippen MR) is 75.2 cm³/mol. The molecule has 110 valence electrons. The molecule has 0 aliphatic carbocycles. The molecular formula is C15H17F3OS. The molecule has 0 amide bonds. The second-order valence-electron chi connectivity index (χ2n) is 5.21. The molecule has 0 bridgehead atoms. The fourth-order valence-corrected chi connectivity index (χ4v) is 3.68. The molecule has 0 saturated carbocycles. The van der Waals surface area contributed by atoms with Crippen LogP contribution in [-0.4, -0.2) is 17.3 Å². The average Bonchev–Trinajstić information content (AvgIpc) is 2.38. The summed E-state index contributed by atoms with van der Waals surface area (Å²) in [6, 6.07) is 3.37. The molecule has 0 N–H and O–H groups in total. The maximum atomic E-state index is 12.6. The summed E-state index contributed by atoms with van der Waals surface area (Å²) in [6.07, 6.45) is -1.86. The zero-order valence-electron chi connectivity index (χ0n) is 11.3. The summed E-state index contributed by atoms with van der Waals surface area (Å²) in [6.45, 7) is 1.57. The van der Waals surface area contributed by atoms with Crippen LogP contribution in [0, 0.1) is 12.8 Å². The van der Waals surface area contributed by atoms with Crippen LogP contribution in [0.15, 0.2) is 18.2 Å². The zero-order valence-corrected chi connectivity index (χ0v) is 12.1. The minimum Gasteiger partial charge on any atom is -0.294 e. The van der Waals surface area contributed by atoms with Crippen molar-refractivity contribution in [3.8, 4) is 0 Å². The molecule has 1 aromatic carbocycles. The lowest BCUT2D eigenvalue weighted by Crippen LogP contribution is -2.15. The van der Waals surface area contributed by atoms with Crippen LogP contribution >= 0.6 is 11.8 Å². The number of thioether (sulfide) groups is 1. The van der Waals surface area contributed by atoms with Gasteiger partial charge in [-0.3, -0.25) is 4.79 Å². The molecular weight excluding hydrogens is 285 g/mol. The minimum absolute atomic E-state index is 0.0341. The van der Waals surface area contributed by atoms with E-state index >= 15 is 0 Å². The van der Waals surface area contributed by atoms with Gasteiger partial charge in [-0.25, -0.2) is 0 Å². The van der Waals surface area contributed by atoms with Crippen LogP contribution in [0.5, 0.6) is 0 Å². The van der Waals surface area contributed by atoms with E-state index < -0.39 is 11.7 Å². The van der Waals surface area contributed by atoms with E-state index in [4.69, 9.17) is 0 Å². The van der Waals surface area contributed by atoms with Gasteiger partial charge >= 0.3 is 6.18 Å². The maximum absolute atomic E-state index is 12.6. The predicted octanol–water partition coefficient (Wildman–Crippen LogP) is 4.73. The molecule has 0 aromatic heterocycles. The van der Waals surface area contributed by atoms with Gasteiger partial charge in [0.05, 0.1) is 5.56 Å². The Labute approximate surface area is 120 Å². The number of Topliss-reactive ketones (excluding diaryl/α,β-unsaturated/α-hetero) is 1. The highest BCUT2D eigenvalue weighted by Crippen LogP contribution is 2.31. The normalized spacial score (nSPS) is 17.2. The first kappa shape index (κ1) is 15.4. The number of hydrogen-bond donors (Lipinski definition) is 0. The third-order valence-electron chi connectivity index (χ3n) is 3.67. The molecule has 1 nitrogen and oxygen atoms in total. The second kappa shape index (κ2) is 6.20. The van der Waals surface area contributed by atoms with Crippen molar-refractivity contribution in [3.05, 3.63) is 34.9 Å². The molecule has 2 rings (SSSR count).